The number of halogens is 3. The van der Waals surface area contributed by atoms with E-state index < -0.39 is 11.9 Å². The van der Waals surface area contributed by atoms with Crippen molar-refractivity contribution in [3.63, 3.8) is 0 Å². The quantitative estimate of drug-likeness (QED) is 0.863. The van der Waals surface area contributed by atoms with Crippen molar-refractivity contribution < 1.29 is 17.9 Å². The molecule has 1 aromatic heterocycles. The first-order valence-electron chi connectivity index (χ1n) is 4.96. The molecule has 16 heavy (non-hydrogen) atoms. The Labute approximate surface area is 90.6 Å². The molecule has 1 fully saturated rings. The van der Waals surface area contributed by atoms with E-state index in [9.17, 15) is 13.2 Å². The van der Waals surface area contributed by atoms with Crippen LogP contribution in [0.2, 0.25) is 0 Å². The van der Waals surface area contributed by atoms with Crippen molar-refractivity contribution in [3.05, 3.63) is 24.0 Å². The molecule has 1 aliphatic heterocycles. The fourth-order valence-electron chi connectivity index (χ4n) is 1.40. The highest BCUT2D eigenvalue weighted by Gasteiger charge is 2.36. The third-order valence-corrected chi connectivity index (χ3v) is 2.41. The van der Waals surface area contributed by atoms with E-state index in [4.69, 9.17) is 4.74 Å². The summed E-state index contributed by atoms with van der Waals surface area (Å²) in [5, 5.41) is 3.05. The maximum absolute atomic E-state index is 12.5. The van der Waals surface area contributed by atoms with Gasteiger partial charge in [-0.1, -0.05) is 0 Å². The zero-order chi connectivity index (χ0) is 11.6. The average Bonchev–Trinajstić information content (AvgIpc) is 2.14. The molecule has 1 aromatic rings. The van der Waals surface area contributed by atoms with Crippen LogP contribution in [-0.4, -0.2) is 24.2 Å². The first-order valence-corrected chi connectivity index (χ1v) is 4.96. The number of pyridine rings is 1. The molecule has 0 bridgehead atoms. The van der Waals surface area contributed by atoms with Crippen LogP contribution in [0.5, 0.6) is 5.75 Å². The first kappa shape index (κ1) is 11.2. The summed E-state index contributed by atoms with van der Waals surface area (Å²) in [4.78, 5) is 3.30. The van der Waals surface area contributed by atoms with Gasteiger partial charge < -0.3 is 10.1 Å². The molecular formula is C10H11F3N2O. The van der Waals surface area contributed by atoms with Crippen LogP contribution in [0.3, 0.4) is 0 Å². The van der Waals surface area contributed by atoms with Crippen molar-refractivity contribution in [3.8, 4) is 5.75 Å². The Morgan fingerprint density at radius 3 is 2.81 bits per heavy atom. The first-order chi connectivity index (χ1) is 7.57. The molecule has 1 N–H and O–H groups in total. The van der Waals surface area contributed by atoms with Crippen LogP contribution in [0.4, 0.5) is 13.2 Å². The van der Waals surface area contributed by atoms with Crippen LogP contribution >= 0.6 is 0 Å². The summed E-state index contributed by atoms with van der Waals surface area (Å²) in [6, 6.07) is 2.87. The number of ether oxygens (including phenoxy) is 1. The second-order valence-electron chi connectivity index (χ2n) is 3.60. The van der Waals surface area contributed by atoms with E-state index in [0.717, 1.165) is 19.2 Å². The van der Waals surface area contributed by atoms with Gasteiger partial charge in [-0.15, -0.1) is 0 Å². The van der Waals surface area contributed by atoms with Gasteiger partial charge >= 0.3 is 6.18 Å². The summed E-state index contributed by atoms with van der Waals surface area (Å²) in [5.74, 6) is -0.205. The Bertz CT molecular complexity index is 363. The number of aromatic nitrogens is 1. The molecule has 88 valence electrons. The molecule has 0 amide bonds. The van der Waals surface area contributed by atoms with Crippen molar-refractivity contribution in [2.75, 3.05) is 13.2 Å². The maximum atomic E-state index is 12.5. The Kier molecular flexibility index (Phi) is 3.00. The predicted octanol–water partition coefficient (Wildman–Crippen LogP) is 1.84. The minimum atomic E-state index is -4.47. The lowest BCUT2D eigenvalue weighted by Crippen LogP contribution is -2.46. The van der Waals surface area contributed by atoms with Crippen molar-refractivity contribution in [1.82, 2.24) is 10.3 Å². The Morgan fingerprint density at radius 2 is 2.25 bits per heavy atom. The third-order valence-electron chi connectivity index (χ3n) is 2.41. The normalized spacial score (nSPS) is 20.3. The van der Waals surface area contributed by atoms with Gasteiger partial charge in [0.05, 0.1) is 0 Å². The van der Waals surface area contributed by atoms with Crippen molar-refractivity contribution in [2.45, 2.75) is 18.6 Å². The van der Waals surface area contributed by atoms with E-state index in [2.05, 4.69) is 10.3 Å². The Balaban J connectivity index is 2.06. The summed E-state index contributed by atoms with van der Waals surface area (Å²) < 4.78 is 42.7. The monoisotopic (exact) mass is 232 g/mol. The van der Waals surface area contributed by atoms with Gasteiger partial charge in [-0.3, -0.25) is 0 Å². The van der Waals surface area contributed by atoms with E-state index in [1.165, 1.54) is 12.1 Å². The van der Waals surface area contributed by atoms with Crippen molar-refractivity contribution in [1.29, 1.82) is 0 Å². The zero-order valence-electron chi connectivity index (χ0n) is 8.42. The van der Waals surface area contributed by atoms with Gasteiger partial charge in [0.15, 0.2) is 5.69 Å². The molecule has 2 heterocycles. The van der Waals surface area contributed by atoms with Gasteiger partial charge in [-0.2, -0.15) is 13.2 Å². The molecule has 1 saturated heterocycles. The Morgan fingerprint density at radius 1 is 1.50 bits per heavy atom. The minimum Gasteiger partial charge on any atom is -0.490 e. The summed E-state index contributed by atoms with van der Waals surface area (Å²) in [6.07, 6.45) is -2.43. The number of rotatable bonds is 3. The van der Waals surface area contributed by atoms with Crippen LogP contribution < -0.4 is 10.1 Å². The highest BCUT2D eigenvalue weighted by molar-refractivity contribution is 5.29. The molecule has 0 aromatic carbocycles. The van der Waals surface area contributed by atoms with Crippen LogP contribution in [0.25, 0.3) is 0 Å². The number of nitrogens with one attached hydrogen (secondary N) is 1. The highest BCUT2D eigenvalue weighted by Crippen LogP contribution is 2.34. The molecule has 2 rings (SSSR count). The van der Waals surface area contributed by atoms with Crippen LogP contribution in [-0.2, 0) is 6.18 Å². The van der Waals surface area contributed by atoms with Gasteiger partial charge in [0.1, 0.15) is 12.4 Å². The maximum Gasteiger partial charge on any atom is 0.437 e. The molecule has 3 nitrogen and oxygen atoms in total. The van der Waals surface area contributed by atoms with Crippen LogP contribution in [0.15, 0.2) is 18.3 Å². The molecule has 1 aliphatic rings. The van der Waals surface area contributed by atoms with Gasteiger partial charge in [-0.05, 0) is 25.1 Å². The van der Waals surface area contributed by atoms with Gasteiger partial charge in [0, 0.05) is 12.2 Å². The predicted molar refractivity (Wildman–Crippen MR) is 51.1 cm³/mol. The van der Waals surface area contributed by atoms with E-state index in [0.29, 0.717) is 0 Å². The molecule has 0 aliphatic carbocycles. The minimum absolute atomic E-state index is 0.154. The molecule has 0 saturated carbocycles. The van der Waals surface area contributed by atoms with Gasteiger partial charge in [0.2, 0.25) is 0 Å². The lowest BCUT2D eigenvalue weighted by atomic mass is 10.1. The molecule has 1 atom stereocenters. The van der Waals surface area contributed by atoms with E-state index >= 15 is 0 Å². The van der Waals surface area contributed by atoms with Crippen LogP contribution in [0.1, 0.15) is 12.1 Å². The summed E-state index contributed by atoms with van der Waals surface area (Å²) in [5.41, 5.74) is -0.964. The third kappa shape index (κ3) is 2.44. The number of hydrogen-bond acceptors (Lipinski definition) is 3. The summed E-state index contributed by atoms with van der Waals surface area (Å²) in [7, 11) is 0. The molecule has 6 heteroatoms. The largest absolute Gasteiger partial charge is 0.490 e. The van der Waals surface area contributed by atoms with E-state index in [1.54, 1.807) is 0 Å². The lowest BCUT2D eigenvalue weighted by molar-refractivity contribution is -0.142. The zero-order valence-corrected chi connectivity index (χ0v) is 8.42. The fourth-order valence-corrected chi connectivity index (χ4v) is 1.40. The second-order valence-corrected chi connectivity index (χ2v) is 3.60. The highest BCUT2D eigenvalue weighted by atomic mass is 19.4. The topological polar surface area (TPSA) is 34.1 Å². The standard InChI is InChI=1S/C10H11F3N2O/c11-10(12,13)9-8(2-1-4-15-9)16-6-7-3-5-14-7/h1-2,4,7,14H,3,5-6H2/t7-/m0/s1. The lowest BCUT2D eigenvalue weighted by Gasteiger charge is -2.27. The molecule has 0 spiro atoms. The molecular weight excluding hydrogens is 221 g/mol. The van der Waals surface area contributed by atoms with E-state index in [-0.39, 0.29) is 18.4 Å². The van der Waals surface area contributed by atoms with Crippen LogP contribution in [0, 0.1) is 0 Å². The van der Waals surface area contributed by atoms with Gasteiger partial charge in [-0.25, -0.2) is 4.98 Å². The molecule has 0 radical (unpaired) electrons. The molecule has 0 unspecified atom stereocenters. The van der Waals surface area contributed by atoms with Crippen molar-refractivity contribution >= 4 is 0 Å². The van der Waals surface area contributed by atoms with Crippen molar-refractivity contribution in [2.24, 2.45) is 0 Å². The number of nitrogens with zero attached hydrogens (tertiary/aromatic N) is 1. The Hall–Kier alpha value is -1.30. The average molecular weight is 232 g/mol. The fraction of sp³-hybridized carbons (Fsp3) is 0.500. The smallest absolute Gasteiger partial charge is 0.437 e. The second kappa shape index (κ2) is 4.29. The number of hydrogen-bond donors (Lipinski definition) is 1. The summed E-state index contributed by atoms with van der Waals surface area (Å²) in [6.45, 7) is 1.14. The number of alkyl halides is 3. The SMILES string of the molecule is FC(F)(F)c1ncccc1OC[C@@H]1CCN1. The van der Waals surface area contributed by atoms with E-state index in [1.807, 2.05) is 0 Å². The summed E-state index contributed by atoms with van der Waals surface area (Å²) >= 11 is 0. The van der Waals surface area contributed by atoms with Gasteiger partial charge in [0.25, 0.3) is 0 Å².